The largest absolute Gasteiger partial charge is 0.492 e. The molecule has 0 radical (unpaired) electrons. The molecule has 0 saturated heterocycles. The predicted molar refractivity (Wildman–Crippen MR) is 90.2 cm³/mol. The third kappa shape index (κ3) is 8.18. The number of hydrogen-bond donors (Lipinski definition) is 3. The van der Waals surface area contributed by atoms with Gasteiger partial charge in [0.25, 0.3) is 0 Å². The Morgan fingerprint density at radius 2 is 1.68 bits per heavy atom. The number of nitrogens with one attached hydrogen (secondary N) is 1. The molecule has 0 atom stereocenters. The van der Waals surface area contributed by atoms with Gasteiger partial charge in [0.05, 0.1) is 0 Å². The minimum Gasteiger partial charge on any atom is -0.492 e. The van der Waals surface area contributed by atoms with Gasteiger partial charge in [0.1, 0.15) is 12.4 Å². The average Bonchev–Trinajstić information content (AvgIpc) is 2.99. The maximum Gasteiger partial charge on any atom is 0.414 e. The highest BCUT2D eigenvalue weighted by atomic mass is 127. The van der Waals surface area contributed by atoms with Gasteiger partial charge in [-0.05, 0) is 59.7 Å². The standard InChI is InChI=1S/C13H18INO.C2H2O4/c14-11-5-7-13(8-6-11)16-10-9-15-12-3-1-2-4-12;3-1(4)2(5)6/h5-8,12,15H,1-4,9-10H2;(H,3,4)(H,5,6). The summed E-state index contributed by atoms with van der Waals surface area (Å²) in [6, 6.07) is 8.93. The third-order valence-electron chi connectivity index (χ3n) is 3.16. The van der Waals surface area contributed by atoms with E-state index < -0.39 is 11.9 Å². The molecule has 2 rings (SSSR count). The van der Waals surface area contributed by atoms with Crippen molar-refractivity contribution >= 4 is 34.5 Å². The van der Waals surface area contributed by atoms with Crippen LogP contribution < -0.4 is 10.1 Å². The van der Waals surface area contributed by atoms with Crippen molar-refractivity contribution in [1.82, 2.24) is 5.32 Å². The van der Waals surface area contributed by atoms with E-state index in [0.717, 1.165) is 24.9 Å². The predicted octanol–water partition coefficient (Wildman–Crippen LogP) is 2.36. The molecule has 0 amide bonds. The fourth-order valence-electron chi connectivity index (χ4n) is 2.09. The van der Waals surface area contributed by atoms with Crippen molar-refractivity contribution in [3.05, 3.63) is 27.8 Å². The van der Waals surface area contributed by atoms with Crippen LogP contribution in [-0.4, -0.2) is 41.3 Å². The normalized spacial score (nSPS) is 14.0. The van der Waals surface area contributed by atoms with Crippen molar-refractivity contribution in [2.24, 2.45) is 0 Å². The Hall–Kier alpha value is -1.35. The van der Waals surface area contributed by atoms with Crippen LogP contribution >= 0.6 is 22.6 Å². The van der Waals surface area contributed by atoms with Gasteiger partial charge in [-0.2, -0.15) is 0 Å². The minimum absolute atomic E-state index is 0.736. The number of ether oxygens (including phenoxy) is 1. The maximum atomic E-state index is 9.10. The van der Waals surface area contributed by atoms with E-state index in [4.69, 9.17) is 24.5 Å². The van der Waals surface area contributed by atoms with E-state index in [1.807, 2.05) is 12.1 Å². The summed E-state index contributed by atoms with van der Waals surface area (Å²) in [6.45, 7) is 1.72. The van der Waals surface area contributed by atoms with Crippen molar-refractivity contribution < 1.29 is 24.5 Å². The molecule has 0 spiro atoms. The minimum atomic E-state index is -1.82. The van der Waals surface area contributed by atoms with E-state index in [0.29, 0.717) is 0 Å². The van der Waals surface area contributed by atoms with Crippen molar-refractivity contribution in [3.8, 4) is 5.75 Å². The Labute approximate surface area is 143 Å². The Balaban J connectivity index is 0.000000346. The summed E-state index contributed by atoms with van der Waals surface area (Å²) in [4.78, 5) is 18.2. The SMILES string of the molecule is Ic1ccc(OCCNC2CCCC2)cc1.O=C(O)C(=O)O. The van der Waals surface area contributed by atoms with Crippen molar-refractivity contribution in [2.45, 2.75) is 31.7 Å². The van der Waals surface area contributed by atoms with Gasteiger partial charge in [0.2, 0.25) is 0 Å². The summed E-state index contributed by atoms with van der Waals surface area (Å²) < 4.78 is 6.90. The number of carboxylic acids is 2. The molecule has 0 heterocycles. The van der Waals surface area contributed by atoms with Gasteiger partial charge in [0.15, 0.2) is 0 Å². The Morgan fingerprint density at radius 1 is 1.14 bits per heavy atom. The van der Waals surface area contributed by atoms with Crippen LogP contribution in [0.25, 0.3) is 0 Å². The number of rotatable bonds is 5. The summed E-state index contributed by atoms with van der Waals surface area (Å²) in [5.41, 5.74) is 0. The van der Waals surface area contributed by atoms with Gasteiger partial charge >= 0.3 is 11.9 Å². The number of aliphatic carboxylic acids is 2. The van der Waals surface area contributed by atoms with Crippen molar-refractivity contribution in [1.29, 1.82) is 0 Å². The van der Waals surface area contributed by atoms with Crippen LogP contribution in [0.1, 0.15) is 25.7 Å². The van der Waals surface area contributed by atoms with E-state index in [1.54, 1.807) is 0 Å². The average molecular weight is 421 g/mol. The van der Waals surface area contributed by atoms with Gasteiger partial charge in [-0.3, -0.25) is 0 Å². The zero-order chi connectivity index (χ0) is 16.4. The molecule has 3 N–H and O–H groups in total. The monoisotopic (exact) mass is 421 g/mol. The molecule has 0 bridgehead atoms. The molecule has 7 heteroatoms. The van der Waals surface area contributed by atoms with Crippen molar-refractivity contribution in [2.75, 3.05) is 13.2 Å². The van der Waals surface area contributed by atoms with E-state index in [1.165, 1.54) is 29.3 Å². The van der Waals surface area contributed by atoms with Gasteiger partial charge in [0, 0.05) is 16.2 Å². The van der Waals surface area contributed by atoms with Crippen LogP contribution in [0.2, 0.25) is 0 Å². The zero-order valence-electron chi connectivity index (χ0n) is 12.1. The highest BCUT2D eigenvalue weighted by Crippen LogP contribution is 2.17. The molecule has 0 aromatic heterocycles. The second-order valence-electron chi connectivity index (χ2n) is 4.85. The van der Waals surface area contributed by atoms with E-state index >= 15 is 0 Å². The lowest BCUT2D eigenvalue weighted by Crippen LogP contribution is -2.30. The number of benzene rings is 1. The Kier molecular flexibility index (Phi) is 8.83. The highest BCUT2D eigenvalue weighted by Gasteiger charge is 2.13. The van der Waals surface area contributed by atoms with E-state index in [2.05, 4.69) is 40.0 Å². The van der Waals surface area contributed by atoms with E-state index in [9.17, 15) is 0 Å². The van der Waals surface area contributed by atoms with Crippen LogP contribution in [0, 0.1) is 3.57 Å². The Bertz CT molecular complexity index is 459. The summed E-state index contributed by atoms with van der Waals surface area (Å²) >= 11 is 2.30. The highest BCUT2D eigenvalue weighted by molar-refractivity contribution is 14.1. The summed E-state index contributed by atoms with van der Waals surface area (Å²) in [5, 5.41) is 18.3. The van der Waals surface area contributed by atoms with Crippen LogP contribution in [0.3, 0.4) is 0 Å². The smallest absolute Gasteiger partial charge is 0.414 e. The third-order valence-corrected chi connectivity index (χ3v) is 3.87. The lowest BCUT2D eigenvalue weighted by molar-refractivity contribution is -0.159. The van der Waals surface area contributed by atoms with Gasteiger partial charge in [-0.25, -0.2) is 9.59 Å². The molecule has 1 saturated carbocycles. The molecule has 0 unspecified atom stereocenters. The number of carboxylic acid groups (broad SMARTS) is 2. The first kappa shape index (κ1) is 18.7. The fraction of sp³-hybridized carbons (Fsp3) is 0.467. The van der Waals surface area contributed by atoms with Crippen LogP contribution in [0.4, 0.5) is 0 Å². The zero-order valence-corrected chi connectivity index (χ0v) is 14.3. The molecule has 22 heavy (non-hydrogen) atoms. The number of halogens is 1. The van der Waals surface area contributed by atoms with E-state index in [-0.39, 0.29) is 0 Å². The molecule has 1 fully saturated rings. The molecule has 1 aromatic rings. The second-order valence-corrected chi connectivity index (χ2v) is 6.09. The van der Waals surface area contributed by atoms with Crippen LogP contribution in [0.15, 0.2) is 24.3 Å². The molecule has 122 valence electrons. The quantitative estimate of drug-likeness (QED) is 0.384. The molecule has 0 aliphatic heterocycles. The van der Waals surface area contributed by atoms with Gasteiger partial charge < -0.3 is 20.3 Å². The lowest BCUT2D eigenvalue weighted by Gasteiger charge is -2.12. The molecule has 1 aromatic carbocycles. The Morgan fingerprint density at radius 3 is 2.18 bits per heavy atom. The molecule has 6 nitrogen and oxygen atoms in total. The number of hydrogen-bond acceptors (Lipinski definition) is 4. The molecular formula is C15H20INO5. The van der Waals surface area contributed by atoms with Crippen molar-refractivity contribution in [3.63, 3.8) is 0 Å². The summed E-state index contributed by atoms with van der Waals surface area (Å²) in [5.74, 6) is -2.68. The van der Waals surface area contributed by atoms with Crippen LogP contribution in [-0.2, 0) is 9.59 Å². The summed E-state index contributed by atoms with van der Waals surface area (Å²) in [6.07, 6.45) is 5.44. The molecular weight excluding hydrogens is 401 g/mol. The fourth-order valence-corrected chi connectivity index (χ4v) is 2.45. The maximum absolute atomic E-state index is 9.10. The first-order chi connectivity index (χ1) is 10.5. The van der Waals surface area contributed by atoms with Gasteiger partial charge in [-0.15, -0.1) is 0 Å². The van der Waals surface area contributed by atoms with Gasteiger partial charge in [-0.1, -0.05) is 12.8 Å². The topological polar surface area (TPSA) is 95.9 Å². The van der Waals surface area contributed by atoms with Crippen LogP contribution in [0.5, 0.6) is 5.75 Å². The molecule has 1 aliphatic rings. The second kappa shape index (κ2) is 10.4. The number of carbonyl (C=O) groups is 2. The molecule has 1 aliphatic carbocycles. The summed E-state index contributed by atoms with van der Waals surface area (Å²) in [7, 11) is 0. The first-order valence-corrected chi connectivity index (χ1v) is 8.15. The lowest BCUT2D eigenvalue weighted by atomic mass is 10.2. The first-order valence-electron chi connectivity index (χ1n) is 7.07.